The van der Waals surface area contributed by atoms with Crippen molar-refractivity contribution in [3.63, 3.8) is 0 Å². The van der Waals surface area contributed by atoms with Crippen molar-refractivity contribution in [3.05, 3.63) is 18.2 Å². The predicted molar refractivity (Wildman–Crippen MR) is 69.1 cm³/mol. The van der Waals surface area contributed by atoms with E-state index in [-0.39, 0.29) is 5.75 Å². The van der Waals surface area contributed by atoms with Crippen LogP contribution in [0.2, 0.25) is 0 Å². The molecular weight excluding hydrogens is 258 g/mol. The molecule has 0 aromatic heterocycles. The van der Waals surface area contributed by atoms with Crippen LogP contribution in [0.25, 0.3) is 0 Å². The molecule has 7 heteroatoms. The largest absolute Gasteiger partial charge is 0.493 e. The number of hydrogen-bond acceptors (Lipinski definition) is 5. The smallest absolute Gasteiger partial charge is 0.264 e. The summed E-state index contributed by atoms with van der Waals surface area (Å²) in [7, 11) is -0.792. The van der Waals surface area contributed by atoms with Crippen LogP contribution in [0.1, 0.15) is 6.42 Å². The highest BCUT2D eigenvalue weighted by Crippen LogP contribution is 2.29. The first-order chi connectivity index (χ1) is 8.46. The summed E-state index contributed by atoms with van der Waals surface area (Å²) in [6.45, 7) is 0.440. The Bertz CT molecular complexity index is 486. The van der Waals surface area contributed by atoms with Crippen molar-refractivity contribution in [2.24, 2.45) is 0 Å². The topological polar surface area (TPSA) is 84.9 Å². The highest BCUT2D eigenvalue weighted by Gasteiger charge is 2.05. The van der Waals surface area contributed by atoms with Crippen molar-refractivity contribution in [1.82, 2.24) is 0 Å². The molecule has 0 heterocycles. The second kappa shape index (κ2) is 6.46. The van der Waals surface area contributed by atoms with Crippen LogP contribution in [0, 0.1) is 0 Å². The first kappa shape index (κ1) is 14.6. The van der Waals surface area contributed by atoms with E-state index in [2.05, 4.69) is 5.32 Å². The Morgan fingerprint density at radius 1 is 1.22 bits per heavy atom. The number of benzene rings is 1. The normalized spacial score (nSPS) is 11.1. The second-order valence-corrected chi connectivity index (χ2v) is 5.21. The maximum Gasteiger partial charge on any atom is 0.264 e. The van der Waals surface area contributed by atoms with Crippen LogP contribution >= 0.6 is 0 Å². The molecule has 0 spiro atoms. The molecule has 2 N–H and O–H groups in total. The zero-order valence-electron chi connectivity index (χ0n) is 10.3. The molecule has 6 nitrogen and oxygen atoms in total. The quantitative estimate of drug-likeness (QED) is 0.578. The van der Waals surface area contributed by atoms with Crippen LogP contribution in [-0.2, 0) is 10.1 Å². The van der Waals surface area contributed by atoms with Crippen molar-refractivity contribution < 1.29 is 22.4 Å². The van der Waals surface area contributed by atoms with Crippen LogP contribution in [0.15, 0.2) is 18.2 Å². The van der Waals surface area contributed by atoms with E-state index in [0.29, 0.717) is 24.5 Å². The van der Waals surface area contributed by atoms with Gasteiger partial charge in [0.25, 0.3) is 10.1 Å². The first-order valence-corrected chi connectivity index (χ1v) is 6.98. The molecule has 0 aliphatic rings. The number of methoxy groups -OCH3 is 2. The van der Waals surface area contributed by atoms with Gasteiger partial charge in [-0.1, -0.05) is 0 Å². The summed E-state index contributed by atoms with van der Waals surface area (Å²) in [4.78, 5) is 0. The Balaban J connectivity index is 2.53. The van der Waals surface area contributed by atoms with Gasteiger partial charge in [0.2, 0.25) is 0 Å². The number of ether oxygens (including phenoxy) is 2. The standard InChI is InChI=1S/C11H17NO5S/c1-16-10-5-4-9(8-11(10)17-2)12-6-3-7-18(13,14)15/h4-5,8,12H,3,6-7H2,1-2H3,(H,13,14,15). The molecule has 0 atom stereocenters. The summed E-state index contributed by atoms with van der Waals surface area (Å²) in [5, 5.41) is 3.03. The third-order valence-corrected chi connectivity index (χ3v) is 3.10. The number of nitrogens with one attached hydrogen (secondary N) is 1. The molecule has 0 fully saturated rings. The molecule has 0 aliphatic carbocycles. The minimum Gasteiger partial charge on any atom is -0.493 e. The van der Waals surface area contributed by atoms with Gasteiger partial charge in [0, 0.05) is 18.3 Å². The fraction of sp³-hybridized carbons (Fsp3) is 0.455. The van der Waals surface area contributed by atoms with Gasteiger partial charge in [-0.15, -0.1) is 0 Å². The van der Waals surface area contributed by atoms with Crippen LogP contribution in [0.4, 0.5) is 5.69 Å². The van der Waals surface area contributed by atoms with Crippen LogP contribution in [0.5, 0.6) is 11.5 Å². The van der Waals surface area contributed by atoms with Gasteiger partial charge < -0.3 is 14.8 Å². The van der Waals surface area contributed by atoms with Gasteiger partial charge in [0.15, 0.2) is 11.5 Å². The fourth-order valence-electron chi connectivity index (χ4n) is 1.43. The summed E-state index contributed by atoms with van der Waals surface area (Å²) in [5.74, 6) is 0.964. The molecule has 1 aromatic carbocycles. The summed E-state index contributed by atoms with van der Waals surface area (Å²) < 4.78 is 39.8. The lowest BCUT2D eigenvalue weighted by Gasteiger charge is -2.10. The summed E-state index contributed by atoms with van der Waals surface area (Å²) in [6, 6.07) is 5.31. The Morgan fingerprint density at radius 2 is 1.89 bits per heavy atom. The zero-order chi connectivity index (χ0) is 13.6. The lowest BCUT2D eigenvalue weighted by Crippen LogP contribution is -2.10. The number of rotatable bonds is 7. The Morgan fingerprint density at radius 3 is 2.44 bits per heavy atom. The molecule has 18 heavy (non-hydrogen) atoms. The van der Waals surface area contributed by atoms with E-state index in [9.17, 15) is 8.42 Å². The lowest BCUT2D eigenvalue weighted by atomic mass is 10.2. The predicted octanol–water partition coefficient (Wildman–Crippen LogP) is 1.39. The van der Waals surface area contributed by atoms with Crippen molar-refractivity contribution in [1.29, 1.82) is 0 Å². The third-order valence-electron chi connectivity index (χ3n) is 2.29. The number of hydrogen-bond donors (Lipinski definition) is 2. The third kappa shape index (κ3) is 4.80. The minimum atomic E-state index is -3.89. The molecule has 0 saturated heterocycles. The Kier molecular flexibility index (Phi) is 5.24. The molecule has 0 amide bonds. The summed E-state index contributed by atoms with van der Waals surface area (Å²) in [5.41, 5.74) is 0.794. The molecule has 1 aromatic rings. The Labute approximate surface area is 107 Å². The molecular formula is C11H17NO5S. The average molecular weight is 275 g/mol. The van der Waals surface area contributed by atoms with E-state index in [4.69, 9.17) is 14.0 Å². The fourth-order valence-corrected chi connectivity index (χ4v) is 1.94. The highest BCUT2D eigenvalue weighted by molar-refractivity contribution is 7.85. The van der Waals surface area contributed by atoms with Gasteiger partial charge in [0.1, 0.15) is 0 Å². The first-order valence-electron chi connectivity index (χ1n) is 5.37. The number of anilines is 1. The monoisotopic (exact) mass is 275 g/mol. The van der Waals surface area contributed by atoms with Gasteiger partial charge in [-0.25, -0.2) is 0 Å². The van der Waals surface area contributed by atoms with Crippen molar-refractivity contribution in [2.75, 3.05) is 31.8 Å². The summed E-state index contributed by atoms with van der Waals surface area (Å²) in [6.07, 6.45) is 0.327. The SMILES string of the molecule is COc1ccc(NCCCS(=O)(=O)O)cc1OC. The molecule has 102 valence electrons. The maximum absolute atomic E-state index is 10.5. The minimum absolute atomic E-state index is 0.257. The molecule has 0 bridgehead atoms. The van der Waals surface area contributed by atoms with E-state index < -0.39 is 10.1 Å². The van der Waals surface area contributed by atoms with Gasteiger partial charge in [-0.3, -0.25) is 4.55 Å². The highest BCUT2D eigenvalue weighted by atomic mass is 32.2. The van der Waals surface area contributed by atoms with E-state index in [1.807, 2.05) is 0 Å². The van der Waals surface area contributed by atoms with E-state index in [1.165, 1.54) is 0 Å². The van der Waals surface area contributed by atoms with Crippen LogP contribution < -0.4 is 14.8 Å². The van der Waals surface area contributed by atoms with Crippen LogP contribution in [-0.4, -0.2) is 39.5 Å². The van der Waals surface area contributed by atoms with Crippen molar-refractivity contribution in [2.45, 2.75) is 6.42 Å². The van der Waals surface area contributed by atoms with E-state index >= 15 is 0 Å². The van der Waals surface area contributed by atoms with E-state index in [0.717, 1.165) is 5.69 Å². The van der Waals surface area contributed by atoms with Gasteiger partial charge in [-0.2, -0.15) is 8.42 Å². The molecule has 0 aliphatic heterocycles. The van der Waals surface area contributed by atoms with Gasteiger partial charge >= 0.3 is 0 Å². The van der Waals surface area contributed by atoms with E-state index in [1.54, 1.807) is 32.4 Å². The Hall–Kier alpha value is -1.47. The van der Waals surface area contributed by atoms with Crippen LogP contribution in [0.3, 0.4) is 0 Å². The molecule has 0 radical (unpaired) electrons. The average Bonchev–Trinajstić information content (AvgIpc) is 2.33. The lowest BCUT2D eigenvalue weighted by molar-refractivity contribution is 0.355. The zero-order valence-corrected chi connectivity index (χ0v) is 11.2. The summed E-state index contributed by atoms with van der Waals surface area (Å²) >= 11 is 0. The molecule has 1 rings (SSSR count). The molecule has 0 saturated carbocycles. The van der Waals surface area contributed by atoms with Gasteiger partial charge in [-0.05, 0) is 18.6 Å². The molecule has 0 unspecified atom stereocenters. The van der Waals surface area contributed by atoms with Crippen molar-refractivity contribution >= 4 is 15.8 Å². The van der Waals surface area contributed by atoms with Gasteiger partial charge in [0.05, 0.1) is 20.0 Å². The maximum atomic E-state index is 10.5. The second-order valence-electron chi connectivity index (χ2n) is 3.64. The van der Waals surface area contributed by atoms with Crippen molar-refractivity contribution in [3.8, 4) is 11.5 Å².